The molecule has 2 atom stereocenters. The standard InChI is InChI=1S/C18H23NO4/c1-10-5-11(2)17-13(7-23-18(17)12(10)3)6-16(21)19(4)14-8-22-9-15(14)20/h5,7,14-15,20H,6,8-9H2,1-4H3/t14-,15-/m1/s1. The number of hydrogen-bond donors (Lipinski definition) is 1. The Bertz CT molecular complexity index is 749. The van der Waals surface area contributed by atoms with Crippen LogP contribution in [0.4, 0.5) is 0 Å². The highest BCUT2D eigenvalue weighted by Gasteiger charge is 2.32. The molecule has 1 saturated heterocycles. The Hall–Kier alpha value is -1.85. The number of ether oxygens (including phenoxy) is 1. The number of carbonyl (C=O) groups is 1. The zero-order valence-electron chi connectivity index (χ0n) is 14.0. The van der Waals surface area contributed by atoms with E-state index in [4.69, 9.17) is 9.15 Å². The second-order valence-electron chi connectivity index (χ2n) is 6.45. The van der Waals surface area contributed by atoms with Crippen molar-refractivity contribution in [3.8, 4) is 0 Å². The van der Waals surface area contributed by atoms with Gasteiger partial charge in [-0.05, 0) is 37.5 Å². The Morgan fingerprint density at radius 1 is 1.30 bits per heavy atom. The maximum Gasteiger partial charge on any atom is 0.227 e. The van der Waals surface area contributed by atoms with Crippen molar-refractivity contribution < 1.29 is 19.1 Å². The maximum absolute atomic E-state index is 12.6. The number of carbonyl (C=O) groups excluding carboxylic acids is 1. The molecule has 0 saturated carbocycles. The largest absolute Gasteiger partial charge is 0.464 e. The van der Waals surface area contributed by atoms with Crippen LogP contribution in [0.25, 0.3) is 11.0 Å². The summed E-state index contributed by atoms with van der Waals surface area (Å²) >= 11 is 0. The van der Waals surface area contributed by atoms with Crippen molar-refractivity contribution in [2.24, 2.45) is 0 Å². The molecule has 0 unspecified atom stereocenters. The Morgan fingerprint density at radius 3 is 2.70 bits per heavy atom. The zero-order chi connectivity index (χ0) is 16.7. The molecule has 1 fully saturated rings. The SMILES string of the molecule is Cc1cc(C)c2c(CC(=O)N(C)[C@@H]3COC[C@H]3O)coc2c1C. The molecule has 1 N–H and O–H groups in total. The summed E-state index contributed by atoms with van der Waals surface area (Å²) in [5, 5.41) is 10.9. The van der Waals surface area contributed by atoms with Gasteiger partial charge in [0.05, 0.1) is 38.0 Å². The number of benzene rings is 1. The Balaban J connectivity index is 1.87. The first-order valence-electron chi connectivity index (χ1n) is 7.88. The number of aryl methyl sites for hydroxylation is 3. The fraction of sp³-hybridized carbons (Fsp3) is 0.500. The number of rotatable bonds is 3. The average molecular weight is 317 g/mol. The van der Waals surface area contributed by atoms with E-state index in [1.54, 1.807) is 18.2 Å². The van der Waals surface area contributed by atoms with Crippen molar-refractivity contribution in [2.75, 3.05) is 20.3 Å². The van der Waals surface area contributed by atoms with Crippen LogP contribution in [0.5, 0.6) is 0 Å². The van der Waals surface area contributed by atoms with E-state index in [2.05, 4.69) is 13.0 Å². The summed E-state index contributed by atoms with van der Waals surface area (Å²) < 4.78 is 11.0. The van der Waals surface area contributed by atoms with Gasteiger partial charge < -0.3 is 19.2 Å². The molecule has 23 heavy (non-hydrogen) atoms. The normalized spacial score (nSPS) is 21.1. The molecule has 2 aromatic rings. The Labute approximate surface area is 135 Å². The summed E-state index contributed by atoms with van der Waals surface area (Å²) in [6.07, 6.45) is 1.32. The lowest BCUT2D eigenvalue weighted by Gasteiger charge is -2.25. The van der Waals surface area contributed by atoms with E-state index >= 15 is 0 Å². The first-order chi connectivity index (χ1) is 10.9. The van der Waals surface area contributed by atoms with E-state index in [0.717, 1.165) is 27.7 Å². The minimum Gasteiger partial charge on any atom is -0.464 e. The van der Waals surface area contributed by atoms with Crippen molar-refractivity contribution in [3.05, 3.63) is 34.6 Å². The lowest BCUT2D eigenvalue weighted by Crippen LogP contribution is -2.44. The molecule has 3 rings (SSSR count). The van der Waals surface area contributed by atoms with Gasteiger partial charge in [-0.1, -0.05) is 6.07 Å². The summed E-state index contributed by atoms with van der Waals surface area (Å²) in [6, 6.07) is 1.85. The van der Waals surface area contributed by atoms with Crippen LogP contribution in [0.1, 0.15) is 22.3 Å². The number of nitrogens with zero attached hydrogens (tertiary/aromatic N) is 1. The second-order valence-corrected chi connectivity index (χ2v) is 6.45. The number of likely N-dealkylation sites (N-methyl/N-ethyl adjacent to an activating group) is 1. The lowest BCUT2D eigenvalue weighted by atomic mass is 9.98. The van der Waals surface area contributed by atoms with E-state index in [9.17, 15) is 9.90 Å². The van der Waals surface area contributed by atoms with Crippen molar-refractivity contribution in [3.63, 3.8) is 0 Å². The highest BCUT2D eigenvalue weighted by atomic mass is 16.5. The van der Waals surface area contributed by atoms with Gasteiger partial charge in [0.1, 0.15) is 5.58 Å². The number of aliphatic hydroxyl groups excluding tert-OH is 1. The van der Waals surface area contributed by atoms with Crippen molar-refractivity contribution in [2.45, 2.75) is 39.3 Å². The fourth-order valence-electron chi connectivity index (χ4n) is 3.29. The van der Waals surface area contributed by atoms with Crippen LogP contribution in [0, 0.1) is 20.8 Å². The third-order valence-electron chi connectivity index (χ3n) is 4.88. The van der Waals surface area contributed by atoms with Crippen LogP contribution >= 0.6 is 0 Å². The number of aliphatic hydroxyl groups is 1. The second kappa shape index (κ2) is 5.98. The molecule has 5 nitrogen and oxygen atoms in total. The van der Waals surface area contributed by atoms with Crippen molar-refractivity contribution in [1.29, 1.82) is 0 Å². The molecule has 0 spiro atoms. The van der Waals surface area contributed by atoms with E-state index in [-0.39, 0.29) is 25.0 Å². The quantitative estimate of drug-likeness (QED) is 0.942. The molecule has 5 heteroatoms. The van der Waals surface area contributed by atoms with E-state index < -0.39 is 6.10 Å². The number of fused-ring (bicyclic) bond motifs is 1. The smallest absolute Gasteiger partial charge is 0.227 e. The topological polar surface area (TPSA) is 62.9 Å². The van der Waals surface area contributed by atoms with E-state index in [1.807, 2.05) is 13.8 Å². The van der Waals surface area contributed by atoms with Crippen molar-refractivity contribution >= 4 is 16.9 Å². The molecule has 1 aliphatic heterocycles. The number of hydrogen-bond acceptors (Lipinski definition) is 4. The van der Waals surface area contributed by atoms with Gasteiger partial charge in [-0.3, -0.25) is 4.79 Å². The first kappa shape index (κ1) is 16.0. The lowest BCUT2D eigenvalue weighted by molar-refractivity contribution is -0.132. The van der Waals surface area contributed by atoms with Gasteiger partial charge in [0.25, 0.3) is 0 Å². The molecule has 2 heterocycles. The summed E-state index contributed by atoms with van der Waals surface area (Å²) in [6.45, 7) is 6.80. The van der Waals surface area contributed by atoms with Crippen LogP contribution in [0.15, 0.2) is 16.7 Å². The molecule has 1 amide bonds. The monoisotopic (exact) mass is 317 g/mol. The molecular formula is C18H23NO4. The average Bonchev–Trinajstić information content (AvgIpc) is 3.11. The highest BCUT2D eigenvalue weighted by Crippen LogP contribution is 2.30. The molecule has 1 aliphatic rings. The fourth-order valence-corrected chi connectivity index (χ4v) is 3.29. The highest BCUT2D eigenvalue weighted by molar-refractivity contribution is 5.92. The predicted octanol–water partition coefficient (Wildman–Crippen LogP) is 2.12. The summed E-state index contributed by atoms with van der Waals surface area (Å²) in [5.41, 5.74) is 5.16. The van der Waals surface area contributed by atoms with Crippen molar-refractivity contribution in [1.82, 2.24) is 4.90 Å². The van der Waals surface area contributed by atoms with Crippen LogP contribution in [-0.4, -0.2) is 48.3 Å². The molecule has 1 aromatic heterocycles. The van der Waals surface area contributed by atoms with Gasteiger partial charge >= 0.3 is 0 Å². The van der Waals surface area contributed by atoms with Gasteiger partial charge in [-0.25, -0.2) is 0 Å². The van der Waals surface area contributed by atoms with Crippen LogP contribution in [0.3, 0.4) is 0 Å². The molecule has 124 valence electrons. The number of furan rings is 1. The minimum atomic E-state index is -0.614. The summed E-state index contributed by atoms with van der Waals surface area (Å²) in [4.78, 5) is 14.2. The van der Waals surface area contributed by atoms with Crippen LogP contribution in [0.2, 0.25) is 0 Å². The van der Waals surface area contributed by atoms with Gasteiger partial charge in [-0.15, -0.1) is 0 Å². The van der Waals surface area contributed by atoms with Crippen LogP contribution < -0.4 is 0 Å². The Kier molecular flexibility index (Phi) is 4.17. The van der Waals surface area contributed by atoms with Gasteiger partial charge in [0.2, 0.25) is 5.91 Å². The molecule has 0 bridgehead atoms. The third kappa shape index (κ3) is 2.75. The molecular weight excluding hydrogens is 294 g/mol. The maximum atomic E-state index is 12.6. The molecule has 0 aliphatic carbocycles. The number of amides is 1. The van der Waals surface area contributed by atoms with Gasteiger partial charge in [0.15, 0.2) is 0 Å². The minimum absolute atomic E-state index is 0.0418. The first-order valence-corrected chi connectivity index (χ1v) is 7.88. The summed E-state index contributed by atoms with van der Waals surface area (Å²) in [5.74, 6) is -0.0418. The summed E-state index contributed by atoms with van der Waals surface area (Å²) in [7, 11) is 1.72. The zero-order valence-corrected chi connectivity index (χ0v) is 14.0. The molecule has 0 radical (unpaired) electrons. The van der Waals surface area contributed by atoms with Gasteiger partial charge in [-0.2, -0.15) is 0 Å². The molecule has 1 aromatic carbocycles. The third-order valence-corrected chi connectivity index (χ3v) is 4.88. The van der Waals surface area contributed by atoms with Crippen LogP contribution in [-0.2, 0) is 16.0 Å². The van der Waals surface area contributed by atoms with E-state index in [1.165, 1.54) is 5.56 Å². The van der Waals surface area contributed by atoms with Gasteiger partial charge in [0, 0.05) is 18.0 Å². The Morgan fingerprint density at radius 2 is 2.04 bits per heavy atom. The van der Waals surface area contributed by atoms with E-state index in [0.29, 0.717) is 6.61 Å². The predicted molar refractivity (Wildman–Crippen MR) is 87.5 cm³/mol.